The first-order chi connectivity index (χ1) is 7.68. The Morgan fingerprint density at radius 2 is 2.25 bits per heavy atom. The highest BCUT2D eigenvalue weighted by Gasteiger charge is 2.11. The molecule has 0 atom stereocenters. The van der Waals surface area contributed by atoms with E-state index in [0.717, 1.165) is 0 Å². The molecule has 0 saturated heterocycles. The first-order valence-corrected chi connectivity index (χ1v) is 5.25. The third kappa shape index (κ3) is 2.03. The maximum atomic E-state index is 11.6. The van der Waals surface area contributed by atoms with Crippen molar-refractivity contribution >= 4 is 0 Å². The molecule has 0 aromatic carbocycles. The molecule has 84 valence electrons. The maximum Gasteiger partial charge on any atom is 0.343 e. The largest absolute Gasteiger partial charge is 0.343 e. The first-order valence-electron chi connectivity index (χ1n) is 5.25. The number of aromatic nitrogens is 4. The Morgan fingerprint density at radius 3 is 2.88 bits per heavy atom. The average Bonchev–Trinajstić information content (AvgIpc) is 2.61. The predicted octanol–water partition coefficient (Wildman–Crippen LogP) is 1.29. The van der Waals surface area contributed by atoms with Gasteiger partial charge in [-0.1, -0.05) is 19.9 Å². The molecule has 2 heterocycles. The molecule has 2 rings (SSSR count). The summed E-state index contributed by atoms with van der Waals surface area (Å²) in [5.41, 5.74) is 0.524. The molecule has 0 amide bonds. The van der Waals surface area contributed by atoms with Gasteiger partial charge in [-0.25, -0.2) is 9.89 Å². The van der Waals surface area contributed by atoms with Gasteiger partial charge in [0.2, 0.25) is 0 Å². The highest BCUT2D eigenvalue weighted by atomic mass is 16.1. The fraction of sp³-hybridized carbons (Fsp3) is 0.364. The van der Waals surface area contributed by atoms with E-state index in [-0.39, 0.29) is 5.69 Å². The van der Waals surface area contributed by atoms with E-state index in [1.165, 1.54) is 0 Å². The first kappa shape index (κ1) is 10.6. The van der Waals surface area contributed by atoms with Crippen molar-refractivity contribution < 1.29 is 0 Å². The summed E-state index contributed by atoms with van der Waals surface area (Å²) in [6, 6.07) is 5.55. The Balaban J connectivity index is 2.46. The Morgan fingerprint density at radius 1 is 1.44 bits per heavy atom. The molecule has 5 heteroatoms. The van der Waals surface area contributed by atoms with Crippen LogP contribution >= 0.6 is 0 Å². The Labute approximate surface area is 93.2 Å². The van der Waals surface area contributed by atoms with Gasteiger partial charge in [0.1, 0.15) is 5.69 Å². The zero-order valence-corrected chi connectivity index (χ0v) is 9.34. The van der Waals surface area contributed by atoms with Crippen LogP contribution in [0.1, 0.15) is 13.8 Å². The molecule has 0 spiro atoms. The van der Waals surface area contributed by atoms with Crippen LogP contribution in [0.25, 0.3) is 11.5 Å². The second kappa shape index (κ2) is 4.30. The minimum absolute atomic E-state index is 0.186. The van der Waals surface area contributed by atoms with Gasteiger partial charge in [-0.15, -0.1) is 0 Å². The molecule has 0 aliphatic carbocycles. The molecule has 2 aromatic heterocycles. The van der Waals surface area contributed by atoms with Crippen LogP contribution in [0.2, 0.25) is 0 Å². The summed E-state index contributed by atoms with van der Waals surface area (Å²) in [4.78, 5) is 15.8. The molecule has 16 heavy (non-hydrogen) atoms. The number of rotatable bonds is 3. The molecule has 0 aliphatic heterocycles. The van der Waals surface area contributed by atoms with E-state index in [4.69, 9.17) is 0 Å². The van der Waals surface area contributed by atoms with Gasteiger partial charge < -0.3 is 0 Å². The van der Waals surface area contributed by atoms with Crippen LogP contribution in [-0.4, -0.2) is 19.7 Å². The lowest BCUT2D eigenvalue weighted by Gasteiger charge is -2.07. The molecule has 0 fully saturated rings. The van der Waals surface area contributed by atoms with Gasteiger partial charge in [-0.05, 0) is 18.1 Å². The smallest absolute Gasteiger partial charge is 0.274 e. The average molecular weight is 218 g/mol. The highest BCUT2D eigenvalue weighted by molar-refractivity contribution is 5.48. The van der Waals surface area contributed by atoms with E-state index < -0.39 is 0 Å². The van der Waals surface area contributed by atoms with Crippen LogP contribution in [0.3, 0.4) is 0 Å². The zero-order chi connectivity index (χ0) is 11.5. The molecule has 5 nitrogen and oxygen atoms in total. The number of nitrogens with one attached hydrogen (secondary N) is 1. The van der Waals surface area contributed by atoms with Crippen molar-refractivity contribution in [2.45, 2.75) is 20.4 Å². The molecule has 1 N–H and O–H groups in total. The fourth-order valence-corrected chi connectivity index (χ4v) is 1.54. The van der Waals surface area contributed by atoms with Gasteiger partial charge in [0.25, 0.3) is 0 Å². The zero-order valence-electron chi connectivity index (χ0n) is 9.34. The SMILES string of the molecule is CC(C)Cn1c(-c2ccccn2)n[nH]c1=O. The van der Waals surface area contributed by atoms with Gasteiger partial charge in [-0.3, -0.25) is 9.55 Å². The van der Waals surface area contributed by atoms with Gasteiger partial charge in [-0.2, -0.15) is 5.10 Å². The van der Waals surface area contributed by atoms with Crippen molar-refractivity contribution in [1.29, 1.82) is 0 Å². The van der Waals surface area contributed by atoms with E-state index >= 15 is 0 Å². The summed E-state index contributed by atoms with van der Waals surface area (Å²) < 4.78 is 1.62. The lowest BCUT2D eigenvalue weighted by Crippen LogP contribution is -2.20. The topological polar surface area (TPSA) is 63.6 Å². The summed E-state index contributed by atoms with van der Waals surface area (Å²) in [7, 11) is 0. The summed E-state index contributed by atoms with van der Waals surface area (Å²) in [6.45, 7) is 4.75. The van der Waals surface area contributed by atoms with E-state index in [2.05, 4.69) is 29.0 Å². The quantitative estimate of drug-likeness (QED) is 0.844. The Kier molecular flexibility index (Phi) is 2.85. The summed E-state index contributed by atoms with van der Waals surface area (Å²) in [5, 5.41) is 6.46. The molecule has 2 aromatic rings. The number of pyridine rings is 1. The van der Waals surface area contributed by atoms with Gasteiger partial charge in [0, 0.05) is 12.7 Å². The van der Waals surface area contributed by atoms with Crippen LogP contribution < -0.4 is 5.69 Å². The number of H-pyrrole nitrogens is 1. The number of aromatic amines is 1. The minimum atomic E-state index is -0.186. The second-order valence-corrected chi connectivity index (χ2v) is 4.07. The lowest BCUT2D eigenvalue weighted by molar-refractivity contribution is 0.515. The van der Waals surface area contributed by atoms with Crippen molar-refractivity contribution in [1.82, 2.24) is 19.7 Å². The predicted molar refractivity (Wildman–Crippen MR) is 60.9 cm³/mol. The number of hydrogen-bond acceptors (Lipinski definition) is 3. The van der Waals surface area contributed by atoms with Crippen molar-refractivity contribution in [3.8, 4) is 11.5 Å². The summed E-state index contributed by atoms with van der Waals surface area (Å²) >= 11 is 0. The molecule has 0 aliphatic rings. The van der Waals surface area contributed by atoms with E-state index in [9.17, 15) is 4.79 Å². The normalized spacial score (nSPS) is 10.9. The van der Waals surface area contributed by atoms with Crippen LogP contribution in [-0.2, 0) is 6.54 Å². The van der Waals surface area contributed by atoms with E-state index in [0.29, 0.717) is 24.0 Å². The van der Waals surface area contributed by atoms with Crippen LogP contribution in [0.5, 0.6) is 0 Å². The van der Waals surface area contributed by atoms with Crippen molar-refractivity contribution in [3.05, 3.63) is 34.9 Å². The minimum Gasteiger partial charge on any atom is -0.274 e. The van der Waals surface area contributed by atoms with Gasteiger partial charge >= 0.3 is 5.69 Å². The van der Waals surface area contributed by atoms with E-state index in [1.54, 1.807) is 10.8 Å². The fourth-order valence-electron chi connectivity index (χ4n) is 1.54. The van der Waals surface area contributed by atoms with Crippen LogP contribution in [0, 0.1) is 5.92 Å². The third-order valence-corrected chi connectivity index (χ3v) is 2.20. The lowest BCUT2D eigenvalue weighted by atomic mass is 10.2. The van der Waals surface area contributed by atoms with Crippen LogP contribution in [0.15, 0.2) is 29.2 Å². The highest BCUT2D eigenvalue weighted by Crippen LogP contribution is 2.12. The maximum absolute atomic E-state index is 11.6. The summed E-state index contributed by atoms with van der Waals surface area (Å²) in [6.07, 6.45) is 1.69. The Bertz CT molecular complexity index is 512. The second-order valence-electron chi connectivity index (χ2n) is 4.07. The van der Waals surface area contributed by atoms with E-state index in [1.807, 2.05) is 18.2 Å². The van der Waals surface area contributed by atoms with Crippen molar-refractivity contribution in [2.75, 3.05) is 0 Å². The molecule has 0 radical (unpaired) electrons. The third-order valence-electron chi connectivity index (χ3n) is 2.20. The van der Waals surface area contributed by atoms with Crippen molar-refractivity contribution in [2.24, 2.45) is 5.92 Å². The van der Waals surface area contributed by atoms with Gasteiger partial charge in [0.05, 0.1) is 0 Å². The molecule has 0 bridgehead atoms. The molecular weight excluding hydrogens is 204 g/mol. The Hall–Kier alpha value is -1.91. The molecule has 0 saturated carbocycles. The number of nitrogens with zero attached hydrogens (tertiary/aromatic N) is 3. The van der Waals surface area contributed by atoms with Crippen molar-refractivity contribution in [3.63, 3.8) is 0 Å². The standard InChI is InChI=1S/C11H14N4O/c1-8(2)7-15-10(13-14-11(15)16)9-5-3-4-6-12-9/h3-6,8H,7H2,1-2H3,(H,14,16). The van der Waals surface area contributed by atoms with Crippen LogP contribution in [0.4, 0.5) is 0 Å². The summed E-state index contributed by atoms with van der Waals surface area (Å²) in [5.74, 6) is 0.983. The van der Waals surface area contributed by atoms with Gasteiger partial charge in [0.15, 0.2) is 5.82 Å². The number of hydrogen-bond donors (Lipinski definition) is 1. The molecular formula is C11H14N4O. The monoisotopic (exact) mass is 218 g/mol. The molecule has 0 unspecified atom stereocenters.